The Bertz CT molecular complexity index is 315. The first-order valence-corrected chi connectivity index (χ1v) is 4.35. The quantitative estimate of drug-likeness (QED) is 0.501. The molecule has 0 bridgehead atoms. The lowest BCUT2D eigenvalue weighted by molar-refractivity contribution is 0.0510. The van der Waals surface area contributed by atoms with Crippen molar-refractivity contribution in [2.24, 2.45) is 0 Å². The molecule has 0 aromatic heterocycles. The van der Waals surface area contributed by atoms with Crippen LogP contribution in [0.5, 0.6) is 11.5 Å². The Morgan fingerprint density at radius 3 is 2.53 bits per heavy atom. The summed E-state index contributed by atoms with van der Waals surface area (Å²) in [5.74, 6) is 0.900. The zero-order valence-corrected chi connectivity index (χ0v) is 8.64. The van der Waals surface area contributed by atoms with Crippen molar-refractivity contribution in [3.05, 3.63) is 18.2 Å². The van der Waals surface area contributed by atoms with E-state index in [0.717, 1.165) is 0 Å². The Morgan fingerprint density at radius 1 is 1.27 bits per heavy atom. The highest BCUT2D eigenvalue weighted by molar-refractivity contribution is 6.59. The van der Waals surface area contributed by atoms with Gasteiger partial charge in [0.2, 0.25) is 0 Å². The minimum absolute atomic E-state index is 0.129. The summed E-state index contributed by atoms with van der Waals surface area (Å²) in [7, 11) is 1.40. The van der Waals surface area contributed by atoms with Crippen LogP contribution in [0.25, 0.3) is 0 Å². The van der Waals surface area contributed by atoms with Gasteiger partial charge >= 0.3 is 7.12 Å². The maximum absolute atomic E-state index is 9.01. The van der Waals surface area contributed by atoms with Crippen molar-refractivity contribution in [2.75, 3.05) is 21.0 Å². The second-order valence-electron chi connectivity index (χ2n) is 2.83. The third-order valence-electron chi connectivity index (χ3n) is 1.83. The van der Waals surface area contributed by atoms with E-state index in [1.165, 1.54) is 20.3 Å². The van der Waals surface area contributed by atoms with Gasteiger partial charge in [-0.05, 0) is 6.07 Å². The summed E-state index contributed by atoms with van der Waals surface area (Å²) in [6, 6.07) is 4.69. The molecule has 0 unspecified atom stereocenters. The predicted octanol–water partition coefficient (Wildman–Crippen LogP) is -0.642. The zero-order chi connectivity index (χ0) is 11.3. The summed E-state index contributed by atoms with van der Waals surface area (Å²) >= 11 is 0. The van der Waals surface area contributed by atoms with E-state index in [1.54, 1.807) is 12.1 Å². The molecular formula is C9H13BO5. The van der Waals surface area contributed by atoms with Crippen molar-refractivity contribution >= 4 is 12.6 Å². The minimum Gasteiger partial charge on any atom is -0.497 e. The summed E-state index contributed by atoms with van der Waals surface area (Å²) in [5, 5.41) is 18.0. The minimum atomic E-state index is -1.56. The molecule has 15 heavy (non-hydrogen) atoms. The first-order valence-electron chi connectivity index (χ1n) is 4.35. The summed E-state index contributed by atoms with van der Waals surface area (Å²) in [5.41, 5.74) is 0.294. The molecule has 0 aliphatic carbocycles. The highest BCUT2D eigenvalue weighted by Crippen LogP contribution is 2.17. The van der Waals surface area contributed by atoms with Crippen molar-refractivity contribution in [2.45, 2.75) is 0 Å². The molecule has 1 aromatic rings. The van der Waals surface area contributed by atoms with Crippen molar-refractivity contribution in [1.29, 1.82) is 0 Å². The van der Waals surface area contributed by atoms with Gasteiger partial charge in [0.25, 0.3) is 0 Å². The number of rotatable bonds is 5. The molecular weight excluding hydrogens is 199 g/mol. The molecule has 0 saturated carbocycles. The molecule has 0 aliphatic heterocycles. The first-order chi connectivity index (χ1) is 7.19. The Kier molecular flexibility index (Phi) is 4.42. The van der Waals surface area contributed by atoms with Gasteiger partial charge < -0.3 is 24.3 Å². The van der Waals surface area contributed by atoms with Gasteiger partial charge in [0.15, 0.2) is 6.79 Å². The SMILES string of the molecule is COCOc1ccc(B(O)O)c(OC)c1. The lowest BCUT2D eigenvalue weighted by Crippen LogP contribution is -2.31. The topological polar surface area (TPSA) is 68.2 Å². The third-order valence-corrected chi connectivity index (χ3v) is 1.83. The van der Waals surface area contributed by atoms with Crippen molar-refractivity contribution in [1.82, 2.24) is 0 Å². The Balaban J connectivity index is 2.87. The summed E-state index contributed by atoms with van der Waals surface area (Å²) in [6.07, 6.45) is 0. The molecule has 2 N–H and O–H groups in total. The van der Waals surface area contributed by atoms with Gasteiger partial charge in [0, 0.05) is 18.6 Å². The standard InChI is InChI=1S/C9H13BO5/c1-13-6-15-7-3-4-8(10(11)12)9(5-7)14-2/h3-5,11-12H,6H2,1-2H3. The fourth-order valence-electron chi connectivity index (χ4n) is 1.12. The van der Waals surface area contributed by atoms with E-state index in [0.29, 0.717) is 17.0 Å². The molecule has 0 radical (unpaired) electrons. The maximum atomic E-state index is 9.01. The van der Waals surface area contributed by atoms with E-state index in [1.807, 2.05) is 0 Å². The lowest BCUT2D eigenvalue weighted by atomic mass is 9.79. The van der Waals surface area contributed by atoms with Crippen LogP contribution in [0.3, 0.4) is 0 Å². The number of methoxy groups -OCH3 is 2. The molecule has 0 atom stereocenters. The largest absolute Gasteiger partial charge is 0.497 e. The third kappa shape index (κ3) is 3.12. The predicted molar refractivity (Wildman–Crippen MR) is 55.3 cm³/mol. The van der Waals surface area contributed by atoms with E-state index in [9.17, 15) is 0 Å². The molecule has 0 fully saturated rings. The van der Waals surface area contributed by atoms with Crippen LogP contribution in [0.15, 0.2) is 18.2 Å². The van der Waals surface area contributed by atoms with Crippen LogP contribution in [0.4, 0.5) is 0 Å². The van der Waals surface area contributed by atoms with Gasteiger partial charge in [0.05, 0.1) is 7.11 Å². The van der Waals surface area contributed by atoms with E-state index < -0.39 is 7.12 Å². The highest BCUT2D eigenvalue weighted by Gasteiger charge is 2.17. The Hall–Kier alpha value is -1.24. The van der Waals surface area contributed by atoms with Crippen LogP contribution in [-0.4, -0.2) is 38.2 Å². The first kappa shape index (κ1) is 11.8. The van der Waals surface area contributed by atoms with E-state index in [4.69, 9.17) is 24.3 Å². The van der Waals surface area contributed by atoms with Gasteiger partial charge in [-0.25, -0.2) is 0 Å². The lowest BCUT2D eigenvalue weighted by Gasteiger charge is -2.10. The van der Waals surface area contributed by atoms with Gasteiger partial charge in [-0.15, -0.1) is 0 Å². The molecule has 5 nitrogen and oxygen atoms in total. The van der Waals surface area contributed by atoms with E-state index in [-0.39, 0.29) is 6.79 Å². The van der Waals surface area contributed by atoms with Gasteiger partial charge in [-0.3, -0.25) is 0 Å². The number of ether oxygens (including phenoxy) is 3. The van der Waals surface area contributed by atoms with Gasteiger partial charge in [-0.2, -0.15) is 0 Å². The average Bonchev–Trinajstić information content (AvgIpc) is 2.25. The van der Waals surface area contributed by atoms with Gasteiger partial charge in [-0.1, -0.05) is 6.07 Å². The number of benzene rings is 1. The fourth-order valence-corrected chi connectivity index (χ4v) is 1.12. The zero-order valence-electron chi connectivity index (χ0n) is 8.64. The van der Waals surface area contributed by atoms with Crippen LogP contribution in [0, 0.1) is 0 Å². The Labute approximate surface area is 88.3 Å². The Morgan fingerprint density at radius 2 is 2.00 bits per heavy atom. The maximum Gasteiger partial charge on any atom is 0.492 e. The number of hydrogen-bond acceptors (Lipinski definition) is 5. The smallest absolute Gasteiger partial charge is 0.492 e. The summed E-state index contributed by atoms with van der Waals surface area (Å²) in [4.78, 5) is 0. The van der Waals surface area contributed by atoms with Crippen molar-refractivity contribution in [3.8, 4) is 11.5 Å². The fraction of sp³-hybridized carbons (Fsp3) is 0.333. The average molecular weight is 212 g/mol. The summed E-state index contributed by atoms with van der Waals surface area (Å²) in [6.45, 7) is 0.129. The molecule has 0 aliphatic rings. The molecule has 0 spiro atoms. The van der Waals surface area contributed by atoms with Gasteiger partial charge in [0.1, 0.15) is 11.5 Å². The van der Waals surface area contributed by atoms with Crippen LogP contribution in [0.2, 0.25) is 0 Å². The molecule has 0 saturated heterocycles. The summed E-state index contributed by atoms with van der Waals surface area (Å²) < 4.78 is 14.9. The van der Waals surface area contributed by atoms with Crippen LogP contribution >= 0.6 is 0 Å². The highest BCUT2D eigenvalue weighted by atomic mass is 16.7. The van der Waals surface area contributed by atoms with Crippen LogP contribution < -0.4 is 14.9 Å². The molecule has 0 amide bonds. The normalized spacial score (nSPS) is 9.87. The molecule has 1 aromatic carbocycles. The monoisotopic (exact) mass is 212 g/mol. The second kappa shape index (κ2) is 5.60. The van der Waals surface area contributed by atoms with E-state index in [2.05, 4.69) is 0 Å². The molecule has 82 valence electrons. The molecule has 6 heteroatoms. The van der Waals surface area contributed by atoms with Crippen molar-refractivity contribution in [3.63, 3.8) is 0 Å². The van der Waals surface area contributed by atoms with Crippen LogP contribution in [0.1, 0.15) is 0 Å². The second-order valence-corrected chi connectivity index (χ2v) is 2.83. The number of hydrogen-bond donors (Lipinski definition) is 2. The molecule has 1 rings (SSSR count). The van der Waals surface area contributed by atoms with Crippen molar-refractivity contribution < 1.29 is 24.3 Å². The molecule has 0 heterocycles. The van der Waals surface area contributed by atoms with E-state index >= 15 is 0 Å². The van der Waals surface area contributed by atoms with Crippen LogP contribution in [-0.2, 0) is 4.74 Å².